The monoisotopic (exact) mass is 245 g/mol. The van der Waals surface area contributed by atoms with Crippen molar-refractivity contribution in [2.24, 2.45) is 0 Å². The molecule has 0 spiro atoms. The predicted octanol–water partition coefficient (Wildman–Crippen LogP) is 2.98. The van der Waals surface area contributed by atoms with Gasteiger partial charge in [0.05, 0.1) is 11.7 Å². The van der Waals surface area contributed by atoms with E-state index in [-0.39, 0.29) is 5.60 Å². The van der Waals surface area contributed by atoms with Crippen LogP contribution in [-0.4, -0.2) is 38.0 Å². The van der Waals surface area contributed by atoms with Gasteiger partial charge < -0.3 is 14.8 Å². The molecule has 0 aliphatic heterocycles. The zero-order valence-electron chi connectivity index (χ0n) is 12.5. The van der Waals surface area contributed by atoms with Gasteiger partial charge in [0.15, 0.2) is 0 Å². The van der Waals surface area contributed by atoms with Crippen LogP contribution in [0, 0.1) is 0 Å². The summed E-state index contributed by atoms with van der Waals surface area (Å²) in [7, 11) is 1.75. The molecule has 0 radical (unpaired) electrons. The van der Waals surface area contributed by atoms with Crippen molar-refractivity contribution in [2.45, 2.75) is 71.6 Å². The summed E-state index contributed by atoms with van der Waals surface area (Å²) >= 11 is 0. The highest BCUT2D eigenvalue weighted by Gasteiger charge is 2.17. The first-order chi connectivity index (χ1) is 7.91. The summed E-state index contributed by atoms with van der Waals surface area (Å²) in [5.74, 6) is 0. The number of rotatable bonds is 10. The van der Waals surface area contributed by atoms with E-state index >= 15 is 0 Å². The maximum absolute atomic E-state index is 5.93. The molecule has 1 atom stereocenters. The number of nitrogens with one attached hydrogen (secondary N) is 1. The Morgan fingerprint density at radius 1 is 1.24 bits per heavy atom. The lowest BCUT2D eigenvalue weighted by molar-refractivity contribution is -0.0283. The molecule has 0 bridgehead atoms. The zero-order chi connectivity index (χ0) is 13.3. The van der Waals surface area contributed by atoms with Crippen LogP contribution in [-0.2, 0) is 9.47 Å². The Labute approximate surface area is 107 Å². The Kier molecular flexibility index (Phi) is 8.83. The summed E-state index contributed by atoms with van der Waals surface area (Å²) in [6.45, 7) is 12.4. The van der Waals surface area contributed by atoms with Gasteiger partial charge in [-0.2, -0.15) is 0 Å². The average molecular weight is 245 g/mol. The van der Waals surface area contributed by atoms with E-state index in [1.54, 1.807) is 7.11 Å². The van der Waals surface area contributed by atoms with Crippen molar-refractivity contribution in [3.05, 3.63) is 0 Å². The van der Waals surface area contributed by atoms with Crippen molar-refractivity contribution < 1.29 is 9.47 Å². The third-order valence-electron chi connectivity index (χ3n) is 2.97. The molecule has 1 unspecified atom stereocenters. The van der Waals surface area contributed by atoms with Gasteiger partial charge in [0.2, 0.25) is 0 Å². The molecule has 104 valence electrons. The van der Waals surface area contributed by atoms with E-state index in [2.05, 4.69) is 39.9 Å². The van der Waals surface area contributed by atoms with Crippen LogP contribution in [0.2, 0.25) is 0 Å². The quantitative estimate of drug-likeness (QED) is 0.642. The van der Waals surface area contributed by atoms with Gasteiger partial charge >= 0.3 is 0 Å². The fourth-order valence-corrected chi connectivity index (χ4v) is 1.51. The Hall–Kier alpha value is -0.120. The SMILES string of the molecule is CCCC(CNC(C)C)OCCC(C)(C)OC. The van der Waals surface area contributed by atoms with E-state index in [1.807, 2.05) is 0 Å². The summed E-state index contributed by atoms with van der Waals surface area (Å²) < 4.78 is 11.3. The highest BCUT2D eigenvalue weighted by Crippen LogP contribution is 2.13. The first kappa shape index (κ1) is 16.9. The van der Waals surface area contributed by atoms with Crippen LogP contribution in [0.4, 0.5) is 0 Å². The molecule has 0 aliphatic rings. The molecule has 0 saturated heterocycles. The second-order valence-electron chi connectivity index (χ2n) is 5.56. The fourth-order valence-electron chi connectivity index (χ4n) is 1.51. The number of ether oxygens (including phenoxy) is 2. The van der Waals surface area contributed by atoms with Gasteiger partial charge in [0, 0.05) is 26.3 Å². The van der Waals surface area contributed by atoms with E-state index in [0.29, 0.717) is 12.1 Å². The molecule has 3 heteroatoms. The highest BCUT2D eigenvalue weighted by molar-refractivity contribution is 4.69. The summed E-state index contributed by atoms with van der Waals surface area (Å²) in [6.07, 6.45) is 3.55. The molecule has 0 fully saturated rings. The Balaban J connectivity index is 3.84. The van der Waals surface area contributed by atoms with Crippen molar-refractivity contribution in [1.82, 2.24) is 5.32 Å². The van der Waals surface area contributed by atoms with Crippen molar-refractivity contribution in [2.75, 3.05) is 20.3 Å². The minimum Gasteiger partial charge on any atom is -0.379 e. The van der Waals surface area contributed by atoms with E-state index in [0.717, 1.165) is 32.4 Å². The van der Waals surface area contributed by atoms with E-state index in [9.17, 15) is 0 Å². The third-order valence-corrected chi connectivity index (χ3v) is 2.97. The summed E-state index contributed by atoms with van der Waals surface area (Å²) in [5.41, 5.74) is -0.0811. The van der Waals surface area contributed by atoms with Gasteiger partial charge in [-0.1, -0.05) is 27.2 Å². The minimum absolute atomic E-state index is 0.0811. The Morgan fingerprint density at radius 3 is 2.35 bits per heavy atom. The van der Waals surface area contributed by atoms with Gasteiger partial charge in [-0.05, 0) is 26.7 Å². The molecule has 3 nitrogen and oxygen atoms in total. The van der Waals surface area contributed by atoms with Crippen LogP contribution in [0.5, 0.6) is 0 Å². The average Bonchev–Trinajstić information content (AvgIpc) is 2.25. The topological polar surface area (TPSA) is 30.5 Å². The molecule has 0 aromatic carbocycles. The van der Waals surface area contributed by atoms with Crippen molar-refractivity contribution in [3.8, 4) is 0 Å². The van der Waals surface area contributed by atoms with Crippen LogP contribution >= 0.6 is 0 Å². The van der Waals surface area contributed by atoms with Gasteiger partial charge in [-0.15, -0.1) is 0 Å². The fraction of sp³-hybridized carbons (Fsp3) is 1.00. The zero-order valence-corrected chi connectivity index (χ0v) is 12.5. The molecule has 0 rings (SSSR count). The van der Waals surface area contributed by atoms with Gasteiger partial charge in [0.25, 0.3) is 0 Å². The van der Waals surface area contributed by atoms with Crippen LogP contribution in [0.15, 0.2) is 0 Å². The molecule has 0 amide bonds. The first-order valence-electron chi connectivity index (χ1n) is 6.81. The normalized spacial score (nSPS) is 14.3. The third kappa shape index (κ3) is 9.57. The number of methoxy groups -OCH3 is 1. The molecular weight excluding hydrogens is 214 g/mol. The molecule has 0 aromatic rings. The number of hydrogen-bond donors (Lipinski definition) is 1. The molecular formula is C14H31NO2. The van der Waals surface area contributed by atoms with Crippen LogP contribution in [0.25, 0.3) is 0 Å². The lowest BCUT2D eigenvalue weighted by Crippen LogP contribution is -2.34. The second kappa shape index (κ2) is 8.90. The summed E-state index contributed by atoms with van der Waals surface area (Å²) in [6, 6.07) is 0.522. The summed E-state index contributed by atoms with van der Waals surface area (Å²) in [5, 5.41) is 3.44. The van der Waals surface area contributed by atoms with Gasteiger partial charge in [0.1, 0.15) is 0 Å². The van der Waals surface area contributed by atoms with Crippen molar-refractivity contribution in [3.63, 3.8) is 0 Å². The van der Waals surface area contributed by atoms with Crippen molar-refractivity contribution in [1.29, 1.82) is 0 Å². The molecule has 0 aromatic heterocycles. The summed E-state index contributed by atoms with van der Waals surface area (Å²) in [4.78, 5) is 0. The lowest BCUT2D eigenvalue weighted by atomic mass is 10.1. The second-order valence-corrected chi connectivity index (χ2v) is 5.56. The lowest BCUT2D eigenvalue weighted by Gasteiger charge is -2.25. The largest absolute Gasteiger partial charge is 0.379 e. The van der Waals surface area contributed by atoms with E-state index < -0.39 is 0 Å². The van der Waals surface area contributed by atoms with Crippen LogP contribution < -0.4 is 5.32 Å². The molecule has 0 heterocycles. The number of hydrogen-bond acceptors (Lipinski definition) is 3. The van der Waals surface area contributed by atoms with Crippen molar-refractivity contribution >= 4 is 0 Å². The van der Waals surface area contributed by atoms with Gasteiger partial charge in [-0.25, -0.2) is 0 Å². The van der Waals surface area contributed by atoms with E-state index in [1.165, 1.54) is 0 Å². The van der Waals surface area contributed by atoms with Crippen LogP contribution in [0.1, 0.15) is 53.9 Å². The Bertz CT molecular complexity index is 181. The molecule has 17 heavy (non-hydrogen) atoms. The smallest absolute Gasteiger partial charge is 0.0699 e. The standard InChI is InChI=1S/C14H31NO2/c1-7-8-13(11-15-12(2)3)17-10-9-14(4,5)16-6/h12-13,15H,7-11H2,1-6H3. The first-order valence-corrected chi connectivity index (χ1v) is 6.81. The van der Waals surface area contributed by atoms with Gasteiger partial charge in [-0.3, -0.25) is 0 Å². The molecule has 0 saturated carbocycles. The molecule has 1 N–H and O–H groups in total. The Morgan fingerprint density at radius 2 is 1.88 bits per heavy atom. The van der Waals surface area contributed by atoms with Crippen LogP contribution in [0.3, 0.4) is 0 Å². The predicted molar refractivity (Wildman–Crippen MR) is 73.5 cm³/mol. The maximum atomic E-state index is 5.93. The van der Waals surface area contributed by atoms with E-state index in [4.69, 9.17) is 9.47 Å². The maximum Gasteiger partial charge on any atom is 0.0699 e. The highest BCUT2D eigenvalue weighted by atomic mass is 16.5. The minimum atomic E-state index is -0.0811. The molecule has 0 aliphatic carbocycles.